The van der Waals surface area contributed by atoms with Crippen molar-refractivity contribution in [3.05, 3.63) is 35.4 Å². The fourth-order valence-electron chi connectivity index (χ4n) is 2.07. The van der Waals surface area contributed by atoms with E-state index in [9.17, 15) is 14.7 Å². The Hall–Kier alpha value is -1.55. The summed E-state index contributed by atoms with van der Waals surface area (Å²) in [5.41, 5.74) is 1.91. The Morgan fingerprint density at radius 1 is 1.35 bits per heavy atom. The van der Waals surface area contributed by atoms with Crippen molar-refractivity contribution in [2.75, 3.05) is 5.88 Å². The molecule has 5 heteroatoms. The summed E-state index contributed by atoms with van der Waals surface area (Å²) in [6.45, 7) is 0.278. The molecule has 2 rings (SSSR count). The van der Waals surface area contributed by atoms with Gasteiger partial charge in [0.1, 0.15) is 5.88 Å². The number of hydrogen-bond donors (Lipinski definition) is 0. The molecule has 1 heterocycles. The molecule has 90 valence electrons. The van der Waals surface area contributed by atoms with Gasteiger partial charge in [0.15, 0.2) is 0 Å². The number of benzene rings is 1. The van der Waals surface area contributed by atoms with Gasteiger partial charge < -0.3 is 14.8 Å². The molecule has 0 fully saturated rings. The van der Waals surface area contributed by atoms with E-state index in [1.54, 1.807) is 0 Å². The highest BCUT2D eigenvalue weighted by molar-refractivity contribution is 6.27. The summed E-state index contributed by atoms with van der Waals surface area (Å²) in [5, 5.41) is 11.0. The van der Waals surface area contributed by atoms with E-state index in [0.717, 1.165) is 11.1 Å². The zero-order valence-electron chi connectivity index (χ0n) is 9.06. The van der Waals surface area contributed by atoms with Crippen LogP contribution in [0, 0.1) is 0 Å². The van der Waals surface area contributed by atoms with Gasteiger partial charge in [-0.1, -0.05) is 24.3 Å². The van der Waals surface area contributed by atoms with E-state index in [1.165, 1.54) is 4.90 Å². The predicted molar refractivity (Wildman–Crippen MR) is 60.2 cm³/mol. The van der Waals surface area contributed by atoms with Gasteiger partial charge in [-0.05, 0) is 17.5 Å². The maximum atomic E-state index is 11.6. The van der Waals surface area contributed by atoms with E-state index >= 15 is 0 Å². The van der Waals surface area contributed by atoms with Crippen LogP contribution in [0.1, 0.15) is 11.1 Å². The van der Waals surface area contributed by atoms with Crippen LogP contribution in [0.25, 0.3) is 0 Å². The average Bonchev–Trinajstić information content (AvgIpc) is 2.36. The molecule has 1 aromatic carbocycles. The molecule has 1 atom stereocenters. The van der Waals surface area contributed by atoms with Crippen molar-refractivity contribution in [3.8, 4) is 0 Å². The second-order valence-corrected chi connectivity index (χ2v) is 4.23. The van der Waals surface area contributed by atoms with E-state index in [4.69, 9.17) is 11.6 Å². The molecule has 0 saturated heterocycles. The van der Waals surface area contributed by atoms with Gasteiger partial charge in [0.05, 0.1) is 12.0 Å². The summed E-state index contributed by atoms with van der Waals surface area (Å²) in [6.07, 6.45) is 0.279. The lowest BCUT2D eigenvalue weighted by Gasteiger charge is -2.37. The van der Waals surface area contributed by atoms with E-state index in [2.05, 4.69) is 0 Å². The van der Waals surface area contributed by atoms with Gasteiger partial charge in [-0.2, -0.15) is 0 Å². The van der Waals surface area contributed by atoms with Crippen molar-refractivity contribution < 1.29 is 14.7 Å². The summed E-state index contributed by atoms with van der Waals surface area (Å²) in [5.74, 6) is -1.83. The Morgan fingerprint density at radius 2 is 2.00 bits per heavy atom. The minimum Gasteiger partial charge on any atom is -0.548 e. The number of nitrogens with zero attached hydrogens (tertiary/aromatic N) is 1. The molecule has 0 N–H and O–H groups in total. The molecule has 1 amide bonds. The molecule has 1 aliphatic heterocycles. The second kappa shape index (κ2) is 4.75. The molecule has 0 radical (unpaired) electrons. The summed E-state index contributed by atoms with van der Waals surface area (Å²) in [6, 6.07) is 6.55. The number of carbonyl (C=O) groups is 2. The number of carboxylic acids is 1. The van der Waals surface area contributed by atoms with Gasteiger partial charge in [0.25, 0.3) is 0 Å². The first-order chi connectivity index (χ1) is 8.13. The van der Waals surface area contributed by atoms with E-state index in [-0.39, 0.29) is 24.8 Å². The Bertz CT molecular complexity index is 461. The monoisotopic (exact) mass is 252 g/mol. The van der Waals surface area contributed by atoms with Crippen LogP contribution in [0.5, 0.6) is 0 Å². The highest BCUT2D eigenvalue weighted by Crippen LogP contribution is 2.23. The number of amides is 1. The molecule has 1 aliphatic rings. The van der Waals surface area contributed by atoms with Crippen LogP contribution in [0.2, 0.25) is 0 Å². The largest absolute Gasteiger partial charge is 0.548 e. The summed E-state index contributed by atoms with van der Waals surface area (Å²) >= 11 is 5.48. The van der Waals surface area contributed by atoms with Crippen molar-refractivity contribution in [3.63, 3.8) is 0 Å². The molecular weight excluding hydrogens is 242 g/mol. The maximum absolute atomic E-state index is 11.6. The van der Waals surface area contributed by atoms with Crippen LogP contribution in [-0.2, 0) is 22.6 Å². The van der Waals surface area contributed by atoms with Gasteiger partial charge in [-0.25, -0.2) is 0 Å². The zero-order chi connectivity index (χ0) is 12.4. The molecule has 17 heavy (non-hydrogen) atoms. The van der Waals surface area contributed by atoms with Gasteiger partial charge in [-0.3, -0.25) is 4.79 Å². The molecule has 0 unspecified atom stereocenters. The quantitative estimate of drug-likeness (QED) is 0.693. The topological polar surface area (TPSA) is 60.4 Å². The predicted octanol–water partition coefficient (Wildman–Crippen LogP) is -0.0714. The van der Waals surface area contributed by atoms with E-state index < -0.39 is 12.0 Å². The van der Waals surface area contributed by atoms with E-state index in [1.807, 2.05) is 24.3 Å². The van der Waals surface area contributed by atoms with Crippen LogP contribution in [0.3, 0.4) is 0 Å². The zero-order valence-corrected chi connectivity index (χ0v) is 9.81. The van der Waals surface area contributed by atoms with Gasteiger partial charge in [0, 0.05) is 6.54 Å². The van der Waals surface area contributed by atoms with Crippen LogP contribution < -0.4 is 5.11 Å². The number of rotatable bonds is 2. The SMILES string of the molecule is O=C([O-])[C@H]1Cc2ccccc2CN1C(=O)CCl. The van der Waals surface area contributed by atoms with Crippen LogP contribution in [0.15, 0.2) is 24.3 Å². The van der Waals surface area contributed by atoms with Crippen LogP contribution in [0.4, 0.5) is 0 Å². The lowest BCUT2D eigenvalue weighted by atomic mass is 9.94. The number of aliphatic carboxylic acids is 1. The van der Waals surface area contributed by atoms with Gasteiger partial charge in [-0.15, -0.1) is 11.6 Å². The minimum absolute atomic E-state index is 0.216. The van der Waals surface area contributed by atoms with Crippen molar-refractivity contribution in [1.82, 2.24) is 4.90 Å². The fraction of sp³-hybridized carbons (Fsp3) is 0.333. The maximum Gasteiger partial charge on any atom is 0.238 e. The minimum atomic E-state index is -1.24. The Balaban J connectivity index is 2.34. The number of carboxylic acid groups (broad SMARTS) is 1. The van der Waals surface area contributed by atoms with Crippen molar-refractivity contribution in [2.24, 2.45) is 0 Å². The Morgan fingerprint density at radius 3 is 2.59 bits per heavy atom. The molecule has 1 aromatic rings. The fourth-order valence-corrected chi connectivity index (χ4v) is 2.23. The van der Waals surface area contributed by atoms with Gasteiger partial charge in [0.2, 0.25) is 5.91 Å². The molecular formula is C12H11ClNO3-. The summed E-state index contributed by atoms with van der Waals surface area (Å²) in [7, 11) is 0. The number of fused-ring (bicyclic) bond motifs is 1. The Labute approximate surface area is 104 Å². The highest BCUT2D eigenvalue weighted by Gasteiger charge is 2.29. The molecule has 0 spiro atoms. The number of alkyl halides is 1. The third-order valence-corrected chi connectivity index (χ3v) is 3.18. The van der Waals surface area contributed by atoms with Crippen molar-refractivity contribution in [2.45, 2.75) is 19.0 Å². The lowest BCUT2D eigenvalue weighted by molar-refractivity contribution is -0.311. The molecule has 0 aromatic heterocycles. The lowest BCUT2D eigenvalue weighted by Crippen LogP contribution is -2.53. The summed E-state index contributed by atoms with van der Waals surface area (Å²) < 4.78 is 0. The van der Waals surface area contributed by atoms with Crippen molar-refractivity contribution in [1.29, 1.82) is 0 Å². The molecule has 0 bridgehead atoms. The Kier molecular flexibility index (Phi) is 3.33. The first-order valence-corrected chi connectivity index (χ1v) is 5.80. The number of carbonyl (C=O) groups excluding carboxylic acids is 2. The second-order valence-electron chi connectivity index (χ2n) is 3.96. The standard InChI is InChI=1S/C12H12ClNO3/c13-6-11(15)14-7-9-4-2-1-3-8(9)5-10(14)12(16)17/h1-4,10H,5-7H2,(H,16,17)/p-1/t10-/m1/s1. The van der Waals surface area contributed by atoms with Gasteiger partial charge >= 0.3 is 0 Å². The third-order valence-electron chi connectivity index (χ3n) is 2.96. The molecule has 0 aliphatic carbocycles. The first-order valence-electron chi connectivity index (χ1n) is 5.26. The number of halogens is 1. The highest BCUT2D eigenvalue weighted by atomic mass is 35.5. The summed E-state index contributed by atoms with van der Waals surface area (Å²) in [4.78, 5) is 23.9. The average molecular weight is 253 g/mol. The normalized spacial score (nSPS) is 18.6. The molecule has 0 saturated carbocycles. The van der Waals surface area contributed by atoms with E-state index in [0.29, 0.717) is 0 Å². The van der Waals surface area contributed by atoms with Crippen LogP contribution in [-0.4, -0.2) is 28.7 Å². The molecule has 4 nitrogen and oxygen atoms in total. The third kappa shape index (κ3) is 2.26. The number of hydrogen-bond acceptors (Lipinski definition) is 3. The van der Waals surface area contributed by atoms with Crippen LogP contribution >= 0.6 is 11.6 Å². The first kappa shape index (κ1) is 11.9. The van der Waals surface area contributed by atoms with Crippen molar-refractivity contribution >= 4 is 23.5 Å². The smallest absolute Gasteiger partial charge is 0.238 e.